The first-order chi connectivity index (χ1) is 8.92. The SMILES string of the molecule is O=C(NCC1OCC2(CC2)c2ccsc21)C(F)(F)F. The number of alkyl halides is 3. The summed E-state index contributed by atoms with van der Waals surface area (Å²) in [5.74, 6) is -1.92. The predicted molar refractivity (Wildman–Crippen MR) is 63.0 cm³/mol. The van der Waals surface area contributed by atoms with E-state index in [0.29, 0.717) is 6.61 Å². The zero-order valence-corrected chi connectivity index (χ0v) is 10.7. The fourth-order valence-electron chi connectivity index (χ4n) is 2.42. The van der Waals surface area contributed by atoms with Crippen molar-refractivity contribution in [2.45, 2.75) is 30.5 Å². The minimum absolute atomic E-state index is 0.0971. The van der Waals surface area contributed by atoms with Crippen LogP contribution in [0.5, 0.6) is 0 Å². The van der Waals surface area contributed by atoms with Crippen LogP contribution >= 0.6 is 11.3 Å². The smallest absolute Gasteiger partial charge is 0.370 e. The summed E-state index contributed by atoms with van der Waals surface area (Å²) in [6.07, 6.45) is -3.17. The molecule has 1 spiro atoms. The first-order valence-corrected chi connectivity index (χ1v) is 6.85. The summed E-state index contributed by atoms with van der Waals surface area (Å²) in [4.78, 5) is 11.8. The van der Waals surface area contributed by atoms with Crippen molar-refractivity contribution >= 4 is 17.2 Å². The van der Waals surface area contributed by atoms with E-state index in [-0.39, 0.29) is 12.0 Å². The van der Waals surface area contributed by atoms with Gasteiger partial charge >= 0.3 is 12.1 Å². The number of hydrogen-bond acceptors (Lipinski definition) is 3. The number of ether oxygens (including phenoxy) is 1. The van der Waals surface area contributed by atoms with Gasteiger partial charge in [0, 0.05) is 16.8 Å². The molecule has 19 heavy (non-hydrogen) atoms. The normalized spacial score (nSPS) is 24.1. The van der Waals surface area contributed by atoms with Crippen LogP contribution in [0.1, 0.15) is 29.4 Å². The number of hydrogen-bond donors (Lipinski definition) is 1. The first kappa shape index (κ1) is 12.9. The number of nitrogens with one attached hydrogen (secondary N) is 1. The van der Waals surface area contributed by atoms with Crippen molar-refractivity contribution in [1.82, 2.24) is 5.32 Å². The lowest BCUT2D eigenvalue weighted by molar-refractivity contribution is -0.174. The fourth-order valence-corrected chi connectivity index (χ4v) is 3.49. The van der Waals surface area contributed by atoms with Gasteiger partial charge < -0.3 is 10.1 Å². The van der Waals surface area contributed by atoms with Crippen molar-refractivity contribution in [1.29, 1.82) is 0 Å². The van der Waals surface area contributed by atoms with Gasteiger partial charge in [-0.3, -0.25) is 4.79 Å². The van der Waals surface area contributed by atoms with Crippen LogP contribution in [-0.4, -0.2) is 25.2 Å². The molecule has 7 heteroatoms. The quantitative estimate of drug-likeness (QED) is 0.909. The zero-order valence-electron chi connectivity index (χ0n) is 9.92. The van der Waals surface area contributed by atoms with Crippen LogP contribution in [0.4, 0.5) is 13.2 Å². The van der Waals surface area contributed by atoms with E-state index in [2.05, 4.69) is 0 Å². The van der Waals surface area contributed by atoms with Crippen LogP contribution in [-0.2, 0) is 14.9 Å². The molecule has 3 rings (SSSR count). The maximum Gasteiger partial charge on any atom is 0.471 e. The van der Waals surface area contributed by atoms with Crippen LogP contribution in [0.2, 0.25) is 0 Å². The number of thiophene rings is 1. The van der Waals surface area contributed by atoms with Crippen LogP contribution in [0.15, 0.2) is 11.4 Å². The van der Waals surface area contributed by atoms with Gasteiger partial charge in [-0.1, -0.05) is 0 Å². The summed E-state index contributed by atoms with van der Waals surface area (Å²) in [5, 5.41) is 3.82. The summed E-state index contributed by atoms with van der Waals surface area (Å²) in [5.41, 5.74) is 1.29. The van der Waals surface area contributed by atoms with E-state index in [1.54, 1.807) is 0 Å². The molecule has 0 bridgehead atoms. The standard InChI is InChI=1S/C12H12F3NO2S/c13-12(14,15)10(17)16-5-8-9-7(1-4-19-9)11(2-3-11)6-18-8/h1,4,8H,2-3,5-6H2,(H,16,17). The Morgan fingerprint density at radius 2 is 2.26 bits per heavy atom. The molecular weight excluding hydrogens is 279 g/mol. The van der Waals surface area contributed by atoms with E-state index in [4.69, 9.17) is 4.74 Å². The Hall–Kier alpha value is -1.08. The molecule has 1 amide bonds. The number of rotatable bonds is 2. The second-order valence-electron chi connectivity index (χ2n) is 4.99. The van der Waals surface area contributed by atoms with Gasteiger partial charge in [0.05, 0.1) is 6.61 Å². The largest absolute Gasteiger partial charge is 0.471 e. The van der Waals surface area contributed by atoms with E-state index in [0.717, 1.165) is 17.7 Å². The first-order valence-electron chi connectivity index (χ1n) is 5.97. The Balaban J connectivity index is 1.69. The minimum Gasteiger partial charge on any atom is -0.370 e. The molecule has 1 atom stereocenters. The Bertz CT molecular complexity index is 507. The average molecular weight is 291 g/mol. The minimum atomic E-state index is -4.84. The lowest BCUT2D eigenvalue weighted by Gasteiger charge is -2.29. The van der Waals surface area contributed by atoms with E-state index in [9.17, 15) is 18.0 Å². The van der Waals surface area contributed by atoms with Crippen LogP contribution in [0, 0.1) is 0 Å². The zero-order chi connectivity index (χ0) is 13.7. The van der Waals surface area contributed by atoms with E-state index in [1.807, 2.05) is 16.8 Å². The van der Waals surface area contributed by atoms with Crippen molar-refractivity contribution < 1.29 is 22.7 Å². The van der Waals surface area contributed by atoms with Gasteiger partial charge in [-0.2, -0.15) is 13.2 Å². The van der Waals surface area contributed by atoms with Crippen molar-refractivity contribution in [2.24, 2.45) is 0 Å². The number of halogens is 3. The van der Waals surface area contributed by atoms with Crippen LogP contribution in [0.25, 0.3) is 0 Å². The summed E-state index contributed by atoms with van der Waals surface area (Å²) < 4.78 is 42.0. The lowest BCUT2D eigenvalue weighted by atomic mass is 9.93. The van der Waals surface area contributed by atoms with Gasteiger partial charge in [-0.05, 0) is 29.9 Å². The lowest BCUT2D eigenvalue weighted by Crippen LogP contribution is -2.40. The second kappa shape index (κ2) is 4.21. The van der Waals surface area contributed by atoms with Crippen LogP contribution < -0.4 is 5.32 Å². The highest BCUT2D eigenvalue weighted by Crippen LogP contribution is 2.55. The molecule has 1 N–H and O–H groups in total. The van der Waals surface area contributed by atoms with E-state index < -0.39 is 18.2 Å². The molecule has 1 fully saturated rings. The second-order valence-corrected chi connectivity index (χ2v) is 5.93. The topological polar surface area (TPSA) is 38.3 Å². The summed E-state index contributed by atoms with van der Waals surface area (Å²) >= 11 is 1.48. The summed E-state index contributed by atoms with van der Waals surface area (Å²) in [6.45, 7) is 0.394. The maximum absolute atomic E-state index is 12.1. The monoisotopic (exact) mass is 291 g/mol. The molecule has 0 aromatic carbocycles. The highest BCUT2D eigenvalue weighted by atomic mass is 32.1. The predicted octanol–water partition coefficient (Wildman–Crippen LogP) is 2.53. The number of carbonyl (C=O) groups excluding carboxylic acids is 1. The van der Waals surface area contributed by atoms with Crippen molar-refractivity contribution in [3.05, 3.63) is 21.9 Å². The Labute approximate surface area is 111 Å². The molecule has 1 aromatic heterocycles. The van der Waals surface area contributed by atoms with Crippen molar-refractivity contribution in [3.8, 4) is 0 Å². The average Bonchev–Trinajstić information content (AvgIpc) is 2.93. The van der Waals surface area contributed by atoms with Gasteiger partial charge in [0.1, 0.15) is 6.10 Å². The third-order valence-corrected chi connectivity index (χ3v) is 4.69. The molecule has 1 saturated carbocycles. The van der Waals surface area contributed by atoms with Gasteiger partial charge in [0.2, 0.25) is 0 Å². The Morgan fingerprint density at radius 3 is 2.89 bits per heavy atom. The van der Waals surface area contributed by atoms with Crippen LogP contribution in [0.3, 0.4) is 0 Å². The number of amides is 1. The molecule has 2 heterocycles. The Morgan fingerprint density at radius 1 is 1.53 bits per heavy atom. The molecule has 0 saturated heterocycles. The van der Waals surface area contributed by atoms with Gasteiger partial charge in [0.25, 0.3) is 0 Å². The van der Waals surface area contributed by atoms with Gasteiger partial charge in [0.15, 0.2) is 0 Å². The molecule has 2 aliphatic rings. The van der Waals surface area contributed by atoms with E-state index in [1.165, 1.54) is 16.9 Å². The molecule has 3 nitrogen and oxygen atoms in total. The van der Waals surface area contributed by atoms with Crippen molar-refractivity contribution in [3.63, 3.8) is 0 Å². The molecule has 0 radical (unpaired) electrons. The number of fused-ring (bicyclic) bond motifs is 2. The van der Waals surface area contributed by atoms with Gasteiger partial charge in [-0.25, -0.2) is 0 Å². The third-order valence-electron chi connectivity index (χ3n) is 3.68. The molecule has 1 unspecified atom stereocenters. The third kappa shape index (κ3) is 2.25. The molecular formula is C12H12F3NO2S. The molecule has 1 aliphatic carbocycles. The Kier molecular flexibility index (Phi) is 2.86. The van der Waals surface area contributed by atoms with Gasteiger partial charge in [-0.15, -0.1) is 11.3 Å². The fraction of sp³-hybridized carbons (Fsp3) is 0.583. The molecule has 1 aromatic rings. The molecule has 104 valence electrons. The van der Waals surface area contributed by atoms with E-state index >= 15 is 0 Å². The summed E-state index contributed by atoms with van der Waals surface area (Å²) in [6, 6.07) is 2.02. The number of carbonyl (C=O) groups is 1. The highest BCUT2D eigenvalue weighted by Gasteiger charge is 2.50. The molecule has 1 aliphatic heterocycles. The van der Waals surface area contributed by atoms with Crippen molar-refractivity contribution in [2.75, 3.05) is 13.2 Å². The summed E-state index contributed by atoms with van der Waals surface area (Å²) in [7, 11) is 0. The maximum atomic E-state index is 12.1. The highest BCUT2D eigenvalue weighted by molar-refractivity contribution is 7.10.